The number of para-hydroxylation sites is 2. The van der Waals surface area contributed by atoms with Crippen LogP contribution in [0.25, 0.3) is 54.9 Å². The minimum Gasteiger partial charge on any atom is -0.458 e. The fourth-order valence-electron chi connectivity index (χ4n) is 7.59. The van der Waals surface area contributed by atoms with E-state index in [0.29, 0.717) is 11.1 Å². The molecule has 5 heterocycles. The summed E-state index contributed by atoms with van der Waals surface area (Å²) in [5.74, 6) is 1.83. The number of alkyl halides is 1. The standard InChI is InChI=1S/C41H27FN4OSi.Pd/c1-48(2)37-15-6-5-14-35(37)47-36-23-31-30-12-8-18-43-41(30)46(34(31)24-38(36)48)27-10-7-9-25(21-27)39(42)26-16-17-28-29-11-3-4-13-33(29)45-20-19-44-40(45)32(28)22-26;/h3-20,23-24,39H,1-2H3;/q-2;+2. The van der Waals surface area contributed by atoms with Crippen LogP contribution in [-0.4, -0.2) is 27.0 Å². The minimum atomic E-state index is -2.09. The number of rotatable bonds is 3. The number of hydrogen-bond acceptors (Lipinski definition) is 3. The minimum absolute atomic E-state index is 0. The van der Waals surface area contributed by atoms with Gasteiger partial charge in [-0.25, -0.2) is 9.37 Å². The molecule has 0 saturated heterocycles. The average Bonchev–Trinajstić information content (AvgIpc) is 3.75. The zero-order valence-corrected chi connectivity index (χ0v) is 29.1. The van der Waals surface area contributed by atoms with Gasteiger partial charge in [-0.2, -0.15) is 18.2 Å². The molecular formula is C41H27FN4OPdSi. The number of halogens is 1. The van der Waals surface area contributed by atoms with Crippen LogP contribution in [0.5, 0.6) is 11.5 Å². The normalized spacial score (nSPS) is 14.1. The second-order valence-electron chi connectivity index (χ2n) is 13.0. The average molecular weight is 745 g/mol. The molecule has 0 fully saturated rings. The SMILES string of the molecule is C[Si]1(C)c2ccccc2Oc2cc3c4cccnc4n(-c4[c-]c(C(F)c5[c-]c6c(cc5)c5ccccc5n5ccnc65)ccc4)c3cc21.[Pd+2]. The van der Waals surface area contributed by atoms with E-state index in [0.717, 1.165) is 66.4 Å². The fraction of sp³-hybridized carbons (Fsp3) is 0.0732. The van der Waals surface area contributed by atoms with Crippen LogP contribution in [0.15, 0.2) is 122 Å². The van der Waals surface area contributed by atoms with Gasteiger partial charge in [0.05, 0.1) is 11.2 Å². The molecule has 8 heteroatoms. The van der Waals surface area contributed by atoms with Gasteiger partial charge in [0.25, 0.3) is 0 Å². The summed E-state index contributed by atoms with van der Waals surface area (Å²) in [7, 11) is -2.09. The van der Waals surface area contributed by atoms with Gasteiger partial charge in [0.1, 0.15) is 31.4 Å². The number of ether oxygens (including phenoxy) is 1. The predicted octanol–water partition coefficient (Wildman–Crippen LogP) is 8.72. The molecule has 4 aromatic heterocycles. The summed E-state index contributed by atoms with van der Waals surface area (Å²) in [4.78, 5) is 9.43. The van der Waals surface area contributed by atoms with E-state index >= 15 is 4.39 Å². The number of nitrogens with zero attached hydrogens (tertiary/aromatic N) is 4. The van der Waals surface area contributed by atoms with Gasteiger partial charge in [-0.05, 0) is 52.2 Å². The van der Waals surface area contributed by atoms with Crippen molar-refractivity contribution in [2.75, 3.05) is 0 Å². The molecule has 0 N–H and O–H groups in total. The quantitative estimate of drug-likeness (QED) is 0.103. The van der Waals surface area contributed by atoms with Gasteiger partial charge in [0.15, 0.2) is 0 Å². The monoisotopic (exact) mass is 744 g/mol. The molecule has 0 saturated carbocycles. The van der Waals surface area contributed by atoms with Crippen molar-refractivity contribution < 1.29 is 29.6 Å². The van der Waals surface area contributed by atoms with E-state index in [1.807, 2.05) is 59.1 Å². The number of benzene rings is 5. The van der Waals surface area contributed by atoms with Gasteiger partial charge in [0, 0.05) is 34.9 Å². The Hall–Kier alpha value is -5.13. The maximum atomic E-state index is 16.6. The van der Waals surface area contributed by atoms with Crippen LogP contribution in [0.4, 0.5) is 4.39 Å². The first-order valence-corrected chi connectivity index (χ1v) is 19.0. The fourth-order valence-corrected chi connectivity index (χ4v) is 10.4. The molecule has 1 atom stereocenters. The summed E-state index contributed by atoms with van der Waals surface area (Å²) < 4.78 is 27.3. The Labute approximate surface area is 296 Å². The van der Waals surface area contributed by atoms with Crippen molar-refractivity contribution in [3.05, 3.63) is 145 Å². The molecule has 1 unspecified atom stereocenters. The van der Waals surface area contributed by atoms with Gasteiger partial charge < -0.3 is 13.7 Å². The van der Waals surface area contributed by atoms with Crippen LogP contribution in [0.3, 0.4) is 0 Å². The molecule has 10 rings (SSSR count). The summed E-state index contributed by atoms with van der Waals surface area (Å²) in [6.45, 7) is 4.73. The van der Waals surface area contributed by atoms with E-state index in [-0.39, 0.29) is 20.4 Å². The van der Waals surface area contributed by atoms with Crippen LogP contribution in [0.1, 0.15) is 17.3 Å². The van der Waals surface area contributed by atoms with E-state index in [2.05, 4.69) is 83.3 Å². The first-order valence-electron chi connectivity index (χ1n) is 16.0. The van der Waals surface area contributed by atoms with E-state index in [9.17, 15) is 0 Å². The molecule has 238 valence electrons. The number of fused-ring (bicyclic) bond motifs is 11. The van der Waals surface area contributed by atoms with Crippen LogP contribution >= 0.6 is 0 Å². The van der Waals surface area contributed by atoms with Gasteiger partial charge in [-0.3, -0.25) is 4.98 Å². The predicted molar refractivity (Wildman–Crippen MR) is 193 cm³/mol. The van der Waals surface area contributed by atoms with E-state index < -0.39 is 14.2 Å². The third-order valence-electron chi connectivity index (χ3n) is 9.96. The largest absolute Gasteiger partial charge is 2.00 e. The molecular weight excluding hydrogens is 718 g/mol. The summed E-state index contributed by atoms with van der Waals surface area (Å²) in [5.41, 5.74) is 5.20. The van der Waals surface area contributed by atoms with E-state index in [4.69, 9.17) is 9.72 Å². The van der Waals surface area contributed by atoms with Crippen LogP contribution in [0, 0.1) is 12.1 Å². The molecule has 0 aliphatic carbocycles. The molecule has 1 aliphatic heterocycles. The van der Waals surface area contributed by atoms with Crippen molar-refractivity contribution in [2.45, 2.75) is 19.3 Å². The molecule has 1 aliphatic rings. The van der Waals surface area contributed by atoms with Gasteiger partial charge >= 0.3 is 20.4 Å². The Morgan fingerprint density at radius 1 is 0.673 bits per heavy atom. The van der Waals surface area contributed by atoms with E-state index in [1.54, 1.807) is 18.5 Å². The zero-order chi connectivity index (χ0) is 32.1. The summed E-state index contributed by atoms with van der Waals surface area (Å²) in [6.07, 6.45) is 4.07. The second kappa shape index (κ2) is 10.9. The van der Waals surface area contributed by atoms with Crippen LogP contribution < -0.4 is 15.1 Å². The Morgan fingerprint density at radius 3 is 2.39 bits per heavy atom. The molecule has 9 aromatic rings. The maximum absolute atomic E-state index is 16.6. The van der Waals surface area contributed by atoms with Crippen molar-refractivity contribution in [1.82, 2.24) is 18.9 Å². The third kappa shape index (κ3) is 4.31. The Morgan fingerprint density at radius 2 is 1.47 bits per heavy atom. The molecule has 5 aromatic carbocycles. The zero-order valence-electron chi connectivity index (χ0n) is 26.5. The molecule has 0 bridgehead atoms. The smallest absolute Gasteiger partial charge is 0.458 e. The molecule has 5 nitrogen and oxygen atoms in total. The number of imidazole rings is 1. The summed E-state index contributed by atoms with van der Waals surface area (Å²) in [6, 6.07) is 41.3. The Kier molecular flexibility index (Phi) is 6.69. The van der Waals surface area contributed by atoms with Gasteiger partial charge in [-0.15, -0.1) is 29.8 Å². The molecule has 49 heavy (non-hydrogen) atoms. The van der Waals surface area contributed by atoms with Crippen molar-refractivity contribution in [3.63, 3.8) is 0 Å². The Bertz CT molecular complexity index is 2790. The van der Waals surface area contributed by atoms with Crippen molar-refractivity contribution >= 4 is 67.7 Å². The molecule has 0 radical (unpaired) electrons. The number of pyridine rings is 2. The van der Waals surface area contributed by atoms with E-state index in [1.165, 1.54) is 10.4 Å². The molecule has 0 amide bonds. The van der Waals surface area contributed by atoms with Gasteiger partial charge in [0.2, 0.25) is 0 Å². The Balaban J connectivity index is 0.00000325. The summed E-state index contributed by atoms with van der Waals surface area (Å²) >= 11 is 0. The van der Waals surface area contributed by atoms with Crippen LogP contribution in [-0.2, 0) is 20.4 Å². The number of hydrogen-bond donors (Lipinski definition) is 0. The third-order valence-corrected chi connectivity index (χ3v) is 13.5. The maximum Gasteiger partial charge on any atom is 2.00 e. The summed E-state index contributed by atoms with van der Waals surface area (Å²) in [5, 5.41) is 7.41. The van der Waals surface area contributed by atoms with Crippen molar-refractivity contribution in [1.29, 1.82) is 0 Å². The van der Waals surface area contributed by atoms with Crippen molar-refractivity contribution in [2.24, 2.45) is 0 Å². The first kappa shape index (κ1) is 30.0. The number of aromatic nitrogens is 4. The molecule has 0 spiro atoms. The topological polar surface area (TPSA) is 44.4 Å². The first-order chi connectivity index (χ1) is 23.5. The second-order valence-corrected chi connectivity index (χ2v) is 17.3. The van der Waals surface area contributed by atoms with Crippen molar-refractivity contribution in [3.8, 4) is 17.2 Å². The van der Waals surface area contributed by atoms with Gasteiger partial charge in [-0.1, -0.05) is 71.5 Å². The van der Waals surface area contributed by atoms with Crippen LogP contribution in [0.2, 0.25) is 13.1 Å².